The number of aromatic amines is 1. The first-order valence-electron chi connectivity index (χ1n) is 5.61. The van der Waals surface area contributed by atoms with Crippen molar-refractivity contribution >= 4 is 29.3 Å². The van der Waals surface area contributed by atoms with Crippen molar-refractivity contribution < 1.29 is 4.92 Å². The van der Waals surface area contributed by atoms with Crippen LogP contribution in [0.4, 0.5) is 5.69 Å². The molecule has 0 saturated carbocycles. The second-order valence-corrected chi connectivity index (χ2v) is 4.80. The molecule has 0 radical (unpaired) electrons. The molecular weight excluding hydrogens is 252 g/mol. The third-order valence-corrected chi connectivity index (χ3v) is 3.18. The zero-order valence-electron chi connectivity index (χ0n) is 9.67. The number of aromatic nitrogens is 2. The predicted octanol–water partition coefficient (Wildman–Crippen LogP) is 1.66. The molecule has 1 atom stereocenters. The number of thiol groups is 1. The Kier molecular flexibility index (Phi) is 3.83. The molecule has 0 aliphatic rings. The number of aryl methyl sites for hydroxylation is 1. The number of hydrogen-bond acceptors (Lipinski definition) is 5. The van der Waals surface area contributed by atoms with Crippen LogP contribution >= 0.6 is 12.6 Å². The van der Waals surface area contributed by atoms with E-state index < -0.39 is 4.92 Å². The Morgan fingerprint density at radius 2 is 2.33 bits per heavy atom. The molecule has 0 amide bonds. The highest BCUT2D eigenvalue weighted by Crippen LogP contribution is 2.19. The van der Waals surface area contributed by atoms with Gasteiger partial charge >= 0.3 is 0 Å². The van der Waals surface area contributed by atoms with Crippen LogP contribution in [0.15, 0.2) is 18.2 Å². The van der Waals surface area contributed by atoms with Crippen molar-refractivity contribution in [2.75, 3.05) is 6.54 Å². The fraction of sp³-hybridized carbons (Fsp3) is 0.364. The maximum atomic E-state index is 10.7. The number of nitrogens with zero attached hydrogens (tertiary/aromatic N) is 2. The Labute approximate surface area is 109 Å². The standard InChI is InChI=1S/C11H14N4O2S/c12-6-8(18)2-4-11-13-9-3-1-7(15(16)17)5-10(9)14-11/h1,3,5,8,18H,2,4,6,12H2,(H,13,14). The van der Waals surface area contributed by atoms with E-state index in [0.717, 1.165) is 24.2 Å². The number of non-ortho nitro benzene ring substituents is 1. The Morgan fingerprint density at radius 3 is 3.00 bits per heavy atom. The number of nitrogens with two attached hydrogens (primary N) is 1. The van der Waals surface area contributed by atoms with Crippen LogP contribution in [0.5, 0.6) is 0 Å². The lowest BCUT2D eigenvalue weighted by molar-refractivity contribution is -0.384. The summed E-state index contributed by atoms with van der Waals surface area (Å²) in [7, 11) is 0. The number of rotatable bonds is 5. The van der Waals surface area contributed by atoms with Gasteiger partial charge in [-0.15, -0.1) is 0 Å². The van der Waals surface area contributed by atoms with Gasteiger partial charge in [-0.25, -0.2) is 4.98 Å². The van der Waals surface area contributed by atoms with Crippen molar-refractivity contribution in [2.24, 2.45) is 5.73 Å². The van der Waals surface area contributed by atoms with E-state index in [-0.39, 0.29) is 10.9 Å². The normalized spacial score (nSPS) is 12.8. The maximum Gasteiger partial charge on any atom is 0.271 e. The van der Waals surface area contributed by atoms with Gasteiger partial charge in [-0.1, -0.05) is 0 Å². The van der Waals surface area contributed by atoms with Crippen molar-refractivity contribution in [3.8, 4) is 0 Å². The molecule has 2 rings (SSSR count). The van der Waals surface area contributed by atoms with Crippen LogP contribution in [0.2, 0.25) is 0 Å². The Morgan fingerprint density at radius 1 is 1.56 bits per heavy atom. The fourth-order valence-corrected chi connectivity index (χ4v) is 1.83. The molecule has 0 bridgehead atoms. The Hall–Kier alpha value is -1.60. The summed E-state index contributed by atoms with van der Waals surface area (Å²) in [5.74, 6) is 0.804. The molecule has 7 heteroatoms. The topological polar surface area (TPSA) is 97.8 Å². The second kappa shape index (κ2) is 5.36. The number of fused-ring (bicyclic) bond motifs is 1. The molecule has 0 aliphatic carbocycles. The van der Waals surface area contributed by atoms with Crippen LogP contribution in [0.1, 0.15) is 12.2 Å². The lowest BCUT2D eigenvalue weighted by Crippen LogP contribution is -2.14. The maximum absolute atomic E-state index is 10.7. The number of imidazole rings is 1. The third kappa shape index (κ3) is 2.80. The number of hydrogen-bond donors (Lipinski definition) is 3. The minimum atomic E-state index is -0.419. The number of benzene rings is 1. The zero-order chi connectivity index (χ0) is 13.1. The van der Waals surface area contributed by atoms with Gasteiger partial charge in [0.05, 0.1) is 16.0 Å². The first kappa shape index (κ1) is 12.8. The molecule has 3 N–H and O–H groups in total. The van der Waals surface area contributed by atoms with Gasteiger partial charge < -0.3 is 10.7 Å². The molecule has 96 valence electrons. The van der Waals surface area contributed by atoms with E-state index >= 15 is 0 Å². The van der Waals surface area contributed by atoms with E-state index in [9.17, 15) is 10.1 Å². The summed E-state index contributed by atoms with van der Waals surface area (Å²) in [6.45, 7) is 0.523. The fourth-order valence-electron chi connectivity index (χ4n) is 1.70. The largest absolute Gasteiger partial charge is 0.342 e. The van der Waals surface area contributed by atoms with Crippen LogP contribution in [0.3, 0.4) is 0 Å². The van der Waals surface area contributed by atoms with Crippen molar-refractivity contribution in [1.29, 1.82) is 0 Å². The van der Waals surface area contributed by atoms with Gasteiger partial charge in [-0.3, -0.25) is 10.1 Å². The molecule has 2 aromatic rings. The summed E-state index contributed by atoms with van der Waals surface area (Å²) in [6, 6.07) is 4.59. The van der Waals surface area contributed by atoms with Gasteiger partial charge in [-0.2, -0.15) is 12.6 Å². The minimum Gasteiger partial charge on any atom is -0.342 e. The molecule has 0 saturated heterocycles. The summed E-state index contributed by atoms with van der Waals surface area (Å²) in [5.41, 5.74) is 6.96. The quantitative estimate of drug-likeness (QED) is 0.435. The van der Waals surface area contributed by atoms with Gasteiger partial charge in [0.25, 0.3) is 5.69 Å². The molecule has 18 heavy (non-hydrogen) atoms. The van der Waals surface area contributed by atoms with Crippen LogP contribution in [-0.4, -0.2) is 26.7 Å². The highest BCUT2D eigenvalue weighted by atomic mass is 32.1. The zero-order valence-corrected chi connectivity index (χ0v) is 10.6. The molecule has 0 fully saturated rings. The van der Waals surface area contributed by atoms with Crippen molar-refractivity contribution in [3.05, 3.63) is 34.1 Å². The van der Waals surface area contributed by atoms with E-state index in [4.69, 9.17) is 5.73 Å². The molecule has 1 aromatic heterocycles. The van der Waals surface area contributed by atoms with Gasteiger partial charge in [-0.05, 0) is 12.5 Å². The van der Waals surface area contributed by atoms with E-state index in [0.29, 0.717) is 12.1 Å². The molecule has 0 aliphatic heterocycles. The van der Waals surface area contributed by atoms with E-state index in [1.165, 1.54) is 12.1 Å². The smallest absolute Gasteiger partial charge is 0.271 e. The molecule has 1 heterocycles. The average molecular weight is 266 g/mol. The number of nitrogens with one attached hydrogen (secondary N) is 1. The minimum absolute atomic E-state index is 0.0618. The molecular formula is C11H14N4O2S. The summed E-state index contributed by atoms with van der Waals surface area (Å²) >= 11 is 4.31. The lowest BCUT2D eigenvalue weighted by atomic mass is 10.2. The summed E-state index contributed by atoms with van der Waals surface area (Å²) in [5, 5.41) is 10.8. The van der Waals surface area contributed by atoms with Crippen LogP contribution in [0, 0.1) is 10.1 Å². The first-order valence-corrected chi connectivity index (χ1v) is 6.13. The summed E-state index contributed by atoms with van der Waals surface area (Å²) in [4.78, 5) is 17.7. The van der Waals surface area contributed by atoms with Crippen molar-refractivity contribution in [2.45, 2.75) is 18.1 Å². The molecule has 1 unspecified atom stereocenters. The van der Waals surface area contributed by atoms with Gasteiger partial charge in [0.2, 0.25) is 0 Å². The average Bonchev–Trinajstić information content (AvgIpc) is 2.77. The Balaban J connectivity index is 2.19. The third-order valence-electron chi connectivity index (χ3n) is 2.71. The van der Waals surface area contributed by atoms with E-state index in [2.05, 4.69) is 22.6 Å². The second-order valence-electron chi connectivity index (χ2n) is 4.07. The van der Waals surface area contributed by atoms with Gasteiger partial charge in [0, 0.05) is 30.3 Å². The predicted molar refractivity (Wildman–Crippen MR) is 72.9 cm³/mol. The SMILES string of the molecule is NCC(S)CCc1nc2ccc([N+](=O)[O-])cc2[nH]1. The first-order chi connectivity index (χ1) is 8.60. The van der Waals surface area contributed by atoms with Gasteiger partial charge in [0.1, 0.15) is 5.82 Å². The monoisotopic (exact) mass is 266 g/mol. The highest BCUT2D eigenvalue weighted by Gasteiger charge is 2.10. The van der Waals surface area contributed by atoms with Crippen LogP contribution in [0.25, 0.3) is 11.0 Å². The number of H-pyrrole nitrogens is 1. The number of nitro groups is 1. The van der Waals surface area contributed by atoms with Crippen molar-refractivity contribution in [3.63, 3.8) is 0 Å². The van der Waals surface area contributed by atoms with Crippen LogP contribution in [-0.2, 0) is 6.42 Å². The lowest BCUT2D eigenvalue weighted by Gasteiger charge is -2.04. The summed E-state index contributed by atoms with van der Waals surface area (Å²) < 4.78 is 0. The Bertz CT molecular complexity index is 569. The molecule has 6 nitrogen and oxygen atoms in total. The van der Waals surface area contributed by atoms with Crippen LogP contribution < -0.4 is 5.73 Å². The highest BCUT2D eigenvalue weighted by molar-refractivity contribution is 7.81. The van der Waals surface area contributed by atoms with E-state index in [1.807, 2.05) is 0 Å². The van der Waals surface area contributed by atoms with Gasteiger partial charge in [0.15, 0.2) is 0 Å². The molecule has 0 spiro atoms. The number of nitro benzene ring substituents is 1. The summed E-state index contributed by atoms with van der Waals surface area (Å²) in [6.07, 6.45) is 1.55. The van der Waals surface area contributed by atoms with E-state index in [1.54, 1.807) is 6.07 Å². The van der Waals surface area contributed by atoms with Crippen molar-refractivity contribution in [1.82, 2.24) is 9.97 Å². The molecule has 1 aromatic carbocycles.